The minimum absolute atomic E-state index is 0.317. The molecule has 6 heteroatoms. The van der Waals surface area contributed by atoms with E-state index in [0.717, 1.165) is 16.9 Å². The molecule has 1 N–H and O–H groups in total. The van der Waals surface area contributed by atoms with E-state index in [0.29, 0.717) is 17.6 Å². The van der Waals surface area contributed by atoms with Crippen molar-refractivity contribution >= 4 is 22.9 Å². The van der Waals surface area contributed by atoms with Crippen molar-refractivity contribution in [2.24, 2.45) is 0 Å². The molecule has 0 aliphatic heterocycles. The van der Waals surface area contributed by atoms with Gasteiger partial charge in [0.1, 0.15) is 0 Å². The van der Waals surface area contributed by atoms with Crippen molar-refractivity contribution < 1.29 is 14.3 Å². The van der Waals surface area contributed by atoms with Crippen molar-refractivity contribution in [1.29, 1.82) is 0 Å². The predicted octanol–water partition coefficient (Wildman–Crippen LogP) is 1.93. The number of likely N-dealkylation sites (N-methyl/N-ethyl adjacent to an activating group) is 1. The van der Waals surface area contributed by atoms with Gasteiger partial charge in [-0.25, -0.2) is 14.8 Å². The third kappa shape index (κ3) is 3.39. The summed E-state index contributed by atoms with van der Waals surface area (Å²) >= 11 is 0. The number of nitrogens with one attached hydrogen (secondary N) is 1. The van der Waals surface area contributed by atoms with Crippen LogP contribution in [0.25, 0.3) is 11.0 Å². The predicted molar refractivity (Wildman–Crippen MR) is 82.6 cm³/mol. The molecule has 0 unspecified atom stereocenters. The summed E-state index contributed by atoms with van der Waals surface area (Å²) in [5, 5.41) is 2.61. The molecular weight excluding hydrogens is 282 g/mol. The first-order valence-electron chi connectivity index (χ1n) is 7.16. The third-order valence-corrected chi connectivity index (χ3v) is 3.32. The van der Waals surface area contributed by atoms with Gasteiger partial charge >= 0.3 is 5.97 Å². The van der Waals surface area contributed by atoms with Crippen LogP contribution in [0.2, 0.25) is 0 Å². The van der Waals surface area contributed by atoms with Crippen molar-refractivity contribution in [3.05, 3.63) is 35.2 Å². The van der Waals surface area contributed by atoms with E-state index in [2.05, 4.69) is 15.3 Å². The number of ether oxygens (including phenoxy) is 1. The number of aryl methyl sites for hydroxylation is 2. The molecule has 2 aromatic rings. The zero-order valence-corrected chi connectivity index (χ0v) is 13.1. The van der Waals surface area contributed by atoms with Crippen molar-refractivity contribution in [3.63, 3.8) is 0 Å². The minimum Gasteiger partial charge on any atom is -0.449 e. The average molecular weight is 301 g/mol. The van der Waals surface area contributed by atoms with Crippen LogP contribution >= 0.6 is 0 Å². The molecule has 22 heavy (non-hydrogen) atoms. The highest BCUT2D eigenvalue weighted by atomic mass is 16.5. The maximum Gasteiger partial charge on any atom is 0.338 e. The Morgan fingerprint density at radius 1 is 1.18 bits per heavy atom. The molecule has 0 aliphatic carbocycles. The number of hydrogen-bond acceptors (Lipinski definition) is 5. The Balaban J connectivity index is 2.21. The number of nitrogens with zero attached hydrogens (tertiary/aromatic N) is 2. The van der Waals surface area contributed by atoms with Gasteiger partial charge in [-0.05, 0) is 45.9 Å². The molecule has 0 radical (unpaired) electrons. The number of rotatable bonds is 4. The van der Waals surface area contributed by atoms with Gasteiger partial charge in [0, 0.05) is 6.54 Å². The molecule has 1 aromatic carbocycles. The summed E-state index contributed by atoms with van der Waals surface area (Å²) in [7, 11) is 0. The lowest BCUT2D eigenvalue weighted by Gasteiger charge is -2.12. The summed E-state index contributed by atoms with van der Waals surface area (Å²) in [6.07, 6.45) is -0.839. The Labute approximate surface area is 128 Å². The monoisotopic (exact) mass is 301 g/mol. The van der Waals surface area contributed by atoms with Crippen LogP contribution < -0.4 is 5.32 Å². The Morgan fingerprint density at radius 2 is 1.82 bits per heavy atom. The number of carbonyl (C=O) groups excluding carboxylic acids is 2. The summed E-state index contributed by atoms with van der Waals surface area (Å²) in [5.74, 6) is -0.872. The fourth-order valence-corrected chi connectivity index (χ4v) is 1.96. The highest BCUT2D eigenvalue weighted by molar-refractivity contribution is 5.95. The van der Waals surface area contributed by atoms with E-state index < -0.39 is 12.1 Å². The van der Waals surface area contributed by atoms with Crippen LogP contribution in [0.1, 0.15) is 35.6 Å². The molecule has 0 aliphatic rings. The van der Waals surface area contributed by atoms with E-state index in [1.54, 1.807) is 25.1 Å². The molecule has 0 saturated heterocycles. The number of esters is 1. The van der Waals surface area contributed by atoms with Gasteiger partial charge in [0.25, 0.3) is 5.91 Å². The lowest BCUT2D eigenvalue weighted by atomic mass is 10.2. The van der Waals surface area contributed by atoms with Gasteiger partial charge in [0.05, 0.1) is 28.0 Å². The first-order valence-corrected chi connectivity index (χ1v) is 7.16. The number of hydrogen-bond donors (Lipinski definition) is 1. The molecule has 0 saturated carbocycles. The van der Waals surface area contributed by atoms with Crippen LogP contribution in [-0.2, 0) is 9.53 Å². The molecular formula is C16H19N3O3. The lowest BCUT2D eigenvalue weighted by molar-refractivity contribution is -0.128. The number of amides is 1. The zero-order chi connectivity index (χ0) is 16.3. The second kappa shape index (κ2) is 6.51. The standard InChI is InChI=1S/C16H19N3O3/c1-5-17-15(20)11(4)22-16(21)12-6-7-13-14(8-12)19-10(3)9(2)18-13/h6-8,11H,5H2,1-4H3,(H,17,20)/t11-/m0/s1. The molecule has 0 spiro atoms. The molecule has 116 valence electrons. The molecule has 1 atom stereocenters. The Kier molecular flexibility index (Phi) is 4.70. The highest BCUT2D eigenvalue weighted by Crippen LogP contribution is 2.15. The number of benzene rings is 1. The van der Waals surface area contributed by atoms with Gasteiger partial charge in [-0.3, -0.25) is 4.79 Å². The third-order valence-electron chi connectivity index (χ3n) is 3.32. The van der Waals surface area contributed by atoms with E-state index in [4.69, 9.17) is 4.74 Å². The topological polar surface area (TPSA) is 81.2 Å². The average Bonchev–Trinajstić information content (AvgIpc) is 2.48. The summed E-state index contributed by atoms with van der Waals surface area (Å²) in [6.45, 7) is 7.59. The van der Waals surface area contributed by atoms with Crippen LogP contribution in [0.5, 0.6) is 0 Å². The first-order chi connectivity index (χ1) is 10.4. The van der Waals surface area contributed by atoms with Crippen molar-refractivity contribution in [2.45, 2.75) is 33.8 Å². The molecule has 6 nitrogen and oxygen atoms in total. The van der Waals surface area contributed by atoms with Crippen LogP contribution in [0.3, 0.4) is 0 Å². The summed E-state index contributed by atoms with van der Waals surface area (Å²) in [4.78, 5) is 32.5. The SMILES string of the molecule is CCNC(=O)[C@H](C)OC(=O)c1ccc2nc(C)c(C)nc2c1. The maximum absolute atomic E-state index is 12.1. The van der Waals surface area contributed by atoms with E-state index in [1.165, 1.54) is 6.92 Å². The molecule has 2 rings (SSSR count). The number of carbonyl (C=O) groups is 2. The van der Waals surface area contributed by atoms with E-state index >= 15 is 0 Å². The molecule has 0 bridgehead atoms. The van der Waals surface area contributed by atoms with Crippen LogP contribution in [0.15, 0.2) is 18.2 Å². The highest BCUT2D eigenvalue weighted by Gasteiger charge is 2.18. The number of aromatic nitrogens is 2. The fraction of sp³-hybridized carbons (Fsp3) is 0.375. The van der Waals surface area contributed by atoms with Crippen molar-refractivity contribution in [1.82, 2.24) is 15.3 Å². The molecule has 0 fully saturated rings. The van der Waals surface area contributed by atoms with Gasteiger partial charge < -0.3 is 10.1 Å². The van der Waals surface area contributed by atoms with Gasteiger partial charge in [0.15, 0.2) is 6.10 Å². The smallest absolute Gasteiger partial charge is 0.338 e. The van der Waals surface area contributed by atoms with Gasteiger partial charge in [-0.1, -0.05) is 0 Å². The van der Waals surface area contributed by atoms with Crippen LogP contribution in [0, 0.1) is 13.8 Å². The Morgan fingerprint density at radius 3 is 2.45 bits per heavy atom. The summed E-state index contributed by atoms with van der Waals surface area (Å²) in [5.41, 5.74) is 3.36. The largest absolute Gasteiger partial charge is 0.449 e. The second-order valence-electron chi connectivity index (χ2n) is 5.04. The van der Waals surface area contributed by atoms with E-state index in [1.807, 2.05) is 13.8 Å². The quantitative estimate of drug-likeness (QED) is 0.873. The van der Waals surface area contributed by atoms with Crippen molar-refractivity contribution in [2.75, 3.05) is 6.54 Å². The van der Waals surface area contributed by atoms with E-state index in [9.17, 15) is 9.59 Å². The summed E-state index contributed by atoms with van der Waals surface area (Å²) < 4.78 is 5.15. The second-order valence-corrected chi connectivity index (χ2v) is 5.04. The minimum atomic E-state index is -0.839. The zero-order valence-electron chi connectivity index (χ0n) is 13.1. The maximum atomic E-state index is 12.1. The molecule has 1 aromatic heterocycles. The first kappa shape index (κ1) is 15.9. The molecule has 1 amide bonds. The van der Waals surface area contributed by atoms with Crippen LogP contribution in [-0.4, -0.2) is 34.5 Å². The fourth-order valence-electron chi connectivity index (χ4n) is 1.96. The number of fused-ring (bicyclic) bond motifs is 1. The van der Waals surface area contributed by atoms with Gasteiger partial charge in [0.2, 0.25) is 0 Å². The van der Waals surface area contributed by atoms with Crippen molar-refractivity contribution in [3.8, 4) is 0 Å². The summed E-state index contributed by atoms with van der Waals surface area (Å²) in [6, 6.07) is 4.97. The Hall–Kier alpha value is -2.50. The Bertz CT molecular complexity index is 728. The molecule has 1 heterocycles. The van der Waals surface area contributed by atoms with E-state index in [-0.39, 0.29) is 5.91 Å². The van der Waals surface area contributed by atoms with Gasteiger partial charge in [-0.15, -0.1) is 0 Å². The van der Waals surface area contributed by atoms with Crippen LogP contribution in [0.4, 0.5) is 0 Å². The van der Waals surface area contributed by atoms with Gasteiger partial charge in [-0.2, -0.15) is 0 Å². The normalized spacial score (nSPS) is 12.0. The lowest BCUT2D eigenvalue weighted by Crippen LogP contribution is -2.35.